The predicted molar refractivity (Wildman–Crippen MR) is 126 cm³/mol. The number of carbonyl (C=O) groups excluding carboxylic acids is 1. The van der Waals surface area contributed by atoms with Gasteiger partial charge in [-0.3, -0.25) is 4.79 Å². The van der Waals surface area contributed by atoms with E-state index < -0.39 is 6.10 Å². The fraction of sp³-hybridized carbons (Fsp3) is 0.280. The highest BCUT2D eigenvalue weighted by Crippen LogP contribution is 2.49. The first-order valence-corrected chi connectivity index (χ1v) is 11.2. The number of amides is 1. The number of para-hydroxylation sites is 1. The molecule has 2 aromatic carbocycles. The van der Waals surface area contributed by atoms with Crippen molar-refractivity contribution in [3.63, 3.8) is 0 Å². The molecule has 7 heteroatoms. The minimum atomic E-state index is -0.574. The van der Waals surface area contributed by atoms with Gasteiger partial charge in [-0.1, -0.05) is 41.9 Å². The molecule has 2 aliphatic heterocycles. The van der Waals surface area contributed by atoms with Gasteiger partial charge in [0.05, 0.1) is 0 Å². The highest BCUT2D eigenvalue weighted by Gasteiger charge is 2.53. The summed E-state index contributed by atoms with van der Waals surface area (Å²) in [5.41, 5.74) is 8.35. The lowest BCUT2D eigenvalue weighted by atomic mass is 9.69. The summed E-state index contributed by atoms with van der Waals surface area (Å²) in [5.74, 6) is 1.57. The molecule has 1 atom stereocenters. The number of aromatic nitrogens is 1. The smallest absolute Gasteiger partial charge is 0.262 e. The number of benzene rings is 2. The van der Waals surface area contributed by atoms with Crippen molar-refractivity contribution in [3.05, 3.63) is 83.0 Å². The molecule has 1 saturated heterocycles. The van der Waals surface area contributed by atoms with E-state index in [2.05, 4.69) is 21.3 Å². The number of nitrogens with one attached hydrogen (secondary N) is 1. The van der Waals surface area contributed by atoms with Crippen LogP contribution >= 0.6 is 11.6 Å². The number of hydrogen-bond acceptors (Lipinski definition) is 5. The van der Waals surface area contributed by atoms with Crippen molar-refractivity contribution < 1.29 is 9.53 Å². The molecule has 0 bridgehead atoms. The van der Waals surface area contributed by atoms with E-state index in [1.807, 2.05) is 48.5 Å². The molecular weight excluding hydrogens is 424 g/mol. The Morgan fingerprint density at radius 2 is 1.97 bits per heavy atom. The van der Waals surface area contributed by atoms with Crippen LogP contribution in [0.5, 0.6) is 5.75 Å². The summed E-state index contributed by atoms with van der Waals surface area (Å²) in [6.07, 6.45) is 2.73. The molecular formula is C25H25ClN4O2. The number of ether oxygens (including phenoxy) is 1. The first-order chi connectivity index (χ1) is 15.5. The number of piperidine rings is 1. The zero-order valence-corrected chi connectivity index (χ0v) is 18.4. The fourth-order valence-electron chi connectivity index (χ4n) is 4.87. The molecule has 3 N–H and O–H groups in total. The minimum Gasteiger partial charge on any atom is -0.479 e. The zero-order valence-electron chi connectivity index (χ0n) is 17.6. The van der Waals surface area contributed by atoms with Crippen LogP contribution in [0.2, 0.25) is 5.02 Å². The van der Waals surface area contributed by atoms with Crippen LogP contribution in [-0.2, 0) is 16.8 Å². The van der Waals surface area contributed by atoms with Gasteiger partial charge in [0.25, 0.3) is 5.91 Å². The number of carbonyl (C=O) groups is 1. The van der Waals surface area contributed by atoms with Crippen molar-refractivity contribution in [2.75, 3.05) is 23.7 Å². The third-order valence-electron chi connectivity index (χ3n) is 6.51. The Hall–Kier alpha value is -3.25. The van der Waals surface area contributed by atoms with E-state index in [9.17, 15) is 4.79 Å². The second-order valence-electron chi connectivity index (χ2n) is 8.43. The fourth-order valence-corrected chi connectivity index (χ4v) is 5.08. The number of halogens is 1. The van der Waals surface area contributed by atoms with Crippen molar-refractivity contribution in [3.8, 4) is 5.75 Å². The molecule has 1 fully saturated rings. The zero-order chi connectivity index (χ0) is 22.1. The Bertz CT molecular complexity index is 1140. The molecule has 0 saturated carbocycles. The molecule has 5 rings (SSSR count). The molecule has 2 aliphatic rings. The van der Waals surface area contributed by atoms with Gasteiger partial charge < -0.3 is 20.7 Å². The van der Waals surface area contributed by atoms with Crippen molar-refractivity contribution in [2.45, 2.75) is 30.9 Å². The first-order valence-electron chi connectivity index (χ1n) is 10.8. The summed E-state index contributed by atoms with van der Waals surface area (Å²) in [4.78, 5) is 20.0. The van der Waals surface area contributed by atoms with Gasteiger partial charge in [0.1, 0.15) is 11.6 Å². The van der Waals surface area contributed by atoms with E-state index >= 15 is 0 Å². The number of nitrogens with two attached hydrogens (primary N) is 1. The highest BCUT2D eigenvalue weighted by molar-refractivity contribution is 6.30. The van der Waals surface area contributed by atoms with Crippen molar-refractivity contribution >= 4 is 29.0 Å². The van der Waals surface area contributed by atoms with Crippen LogP contribution in [-0.4, -0.2) is 30.1 Å². The molecule has 3 heterocycles. The number of nitrogen functional groups attached to an aromatic ring is 1. The normalized spacial score (nSPS) is 18.8. The van der Waals surface area contributed by atoms with Crippen LogP contribution < -0.4 is 20.7 Å². The number of rotatable bonds is 4. The maximum Gasteiger partial charge on any atom is 0.262 e. The largest absolute Gasteiger partial charge is 0.479 e. The SMILES string of the molecule is Nc1ccnc(N2CCC3(CC2)c2ccccc2OC3C(=O)NCc2cccc(Cl)c2)c1. The summed E-state index contributed by atoms with van der Waals surface area (Å²) in [7, 11) is 0. The number of anilines is 2. The van der Waals surface area contributed by atoms with E-state index in [4.69, 9.17) is 22.1 Å². The maximum absolute atomic E-state index is 13.3. The molecule has 164 valence electrons. The average molecular weight is 449 g/mol. The van der Waals surface area contributed by atoms with Crippen LogP contribution in [0.1, 0.15) is 24.0 Å². The van der Waals surface area contributed by atoms with Crippen molar-refractivity contribution in [1.82, 2.24) is 10.3 Å². The average Bonchev–Trinajstić information content (AvgIpc) is 3.12. The van der Waals surface area contributed by atoms with Gasteiger partial charge in [-0.2, -0.15) is 0 Å². The van der Waals surface area contributed by atoms with Gasteiger partial charge >= 0.3 is 0 Å². The van der Waals surface area contributed by atoms with E-state index in [0.29, 0.717) is 17.3 Å². The topological polar surface area (TPSA) is 80.5 Å². The molecule has 0 aliphatic carbocycles. The second kappa shape index (κ2) is 8.36. The summed E-state index contributed by atoms with van der Waals surface area (Å²) in [6, 6.07) is 19.2. The Kier molecular flexibility index (Phi) is 5.39. The third kappa shape index (κ3) is 3.75. The molecule has 1 aromatic heterocycles. The van der Waals surface area contributed by atoms with Gasteiger partial charge in [0.2, 0.25) is 0 Å². The van der Waals surface area contributed by atoms with Gasteiger partial charge in [0.15, 0.2) is 6.10 Å². The Morgan fingerprint density at radius 1 is 1.16 bits per heavy atom. The lowest BCUT2D eigenvalue weighted by Gasteiger charge is -2.42. The molecule has 6 nitrogen and oxygen atoms in total. The maximum atomic E-state index is 13.3. The molecule has 1 spiro atoms. The lowest BCUT2D eigenvalue weighted by Crippen LogP contribution is -2.54. The quantitative estimate of drug-likeness (QED) is 0.632. The molecule has 3 aromatic rings. The summed E-state index contributed by atoms with van der Waals surface area (Å²) in [6.45, 7) is 1.95. The summed E-state index contributed by atoms with van der Waals surface area (Å²) >= 11 is 6.08. The van der Waals surface area contributed by atoms with Crippen LogP contribution in [0.3, 0.4) is 0 Å². The van der Waals surface area contributed by atoms with Crippen LogP contribution in [0.15, 0.2) is 66.9 Å². The molecule has 1 amide bonds. The Morgan fingerprint density at radius 3 is 2.75 bits per heavy atom. The highest BCUT2D eigenvalue weighted by atomic mass is 35.5. The monoisotopic (exact) mass is 448 g/mol. The molecule has 32 heavy (non-hydrogen) atoms. The van der Waals surface area contributed by atoms with Gasteiger partial charge in [-0.25, -0.2) is 4.98 Å². The minimum absolute atomic E-state index is 0.100. The summed E-state index contributed by atoms with van der Waals surface area (Å²) in [5, 5.41) is 3.71. The van der Waals surface area contributed by atoms with Gasteiger partial charge in [0, 0.05) is 53.6 Å². The van der Waals surface area contributed by atoms with Crippen molar-refractivity contribution in [1.29, 1.82) is 0 Å². The summed E-state index contributed by atoms with van der Waals surface area (Å²) < 4.78 is 6.24. The second-order valence-corrected chi connectivity index (χ2v) is 8.87. The van der Waals surface area contributed by atoms with Crippen LogP contribution in [0.25, 0.3) is 0 Å². The Balaban J connectivity index is 1.36. The van der Waals surface area contributed by atoms with E-state index in [0.717, 1.165) is 48.6 Å². The molecule has 1 unspecified atom stereocenters. The number of nitrogens with zero attached hydrogens (tertiary/aromatic N) is 2. The lowest BCUT2D eigenvalue weighted by molar-refractivity contribution is -0.130. The molecule has 0 radical (unpaired) electrons. The van der Waals surface area contributed by atoms with Crippen molar-refractivity contribution in [2.24, 2.45) is 0 Å². The van der Waals surface area contributed by atoms with E-state index in [1.54, 1.807) is 12.3 Å². The van der Waals surface area contributed by atoms with E-state index in [1.165, 1.54) is 0 Å². The third-order valence-corrected chi connectivity index (χ3v) is 6.75. The standard InChI is InChI=1S/C25H25ClN4O2/c26-18-5-3-4-17(14-18)16-29-24(31)23-25(20-6-1-2-7-21(20)32-23)9-12-30(13-10-25)22-15-19(27)8-11-28-22/h1-8,11,14-15,23H,9-10,12-13,16H2,(H2,27,28)(H,29,31). The Labute approximate surface area is 192 Å². The van der Waals surface area contributed by atoms with Crippen LogP contribution in [0.4, 0.5) is 11.5 Å². The van der Waals surface area contributed by atoms with Gasteiger partial charge in [-0.05, 0) is 42.7 Å². The number of hydrogen-bond donors (Lipinski definition) is 2. The van der Waals surface area contributed by atoms with E-state index in [-0.39, 0.29) is 11.3 Å². The first kappa shape index (κ1) is 20.6. The number of fused-ring (bicyclic) bond motifs is 2. The predicted octanol–water partition coefficient (Wildman–Crippen LogP) is 3.93. The van der Waals surface area contributed by atoms with Crippen LogP contribution in [0, 0.1) is 0 Å². The number of pyridine rings is 1. The van der Waals surface area contributed by atoms with Gasteiger partial charge in [-0.15, -0.1) is 0 Å².